The van der Waals surface area contributed by atoms with Gasteiger partial charge in [0, 0.05) is 17.3 Å². The minimum atomic E-state index is -0.156. The van der Waals surface area contributed by atoms with Crippen molar-refractivity contribution in [3.05, 3.63) is 59.0 Å². The molecule has 1 aromatic heterocycles. The van der Waals surface area contributed by atoms with E-state index in [1.807, 2.05) is 7.85 Å². The maximum Gasteiger partial charge on any atom is 0.262 e. The van der Waals surface area contributed by atoms with E-state index in [4.69, 9.17) is 0 Å². The van der Waals surface area contributed by atoms with Gasteiger partial charge in [0.15, 0.2) is 0 Å². The highest BCUT2D eigenvalue weighted by Crippen LogP contribution is 2.17. The molecule has 2 N–H and O–H groups in total. The summed E-state index contributed by atoms with van der Waals surface area (Å²) in [5.41, 5.74) is 1.42. The highest BCUT2D eigenvalue weighted by Gasteiger charge is 2.08. The zero-order valence-corrected chi connectivity index (χ0v) is 10.9. The standard InChI is InChI=1S/C15H12BNO3/c16-14-8-17(9-1-3-10(18)4-2-9)15(20)12-6-5-11(19)7-13(12)14/h1-8,18-19H,16H2. The van der Waals surface area contributed by atoms with Crippen LogP contribution in [0.3, 0.4) is 0 Å². The van der Waals surface area contributed by atoms with Crippen LogP contribution in [0.4, 0.5) is 0 Å². The van der Waals surface area contributed by atoms with Gasteiger partial charge >= 0.3 is 0 Å². The lowest BCUT2D eigenvalue weighted by molar-refractivity contribution is 0.475. The first-order chi connectivity index (χ1) is 9.56. The molecule has 0 unspecified atom stereocenters. The van der Waals surface area contributed by atoms with E-state index in [2.05, 4.69) is 0 Å². The second-order valence-corrected chi connectivity index (χ2v) is 4.73. The summed E-state index contributed by atoms with van der Waals surface area (Å²) in [6, 6.07) is 11.2. The average molecular weight is 265 g/mol. The van der Waals surface area contributed by atoms with Crippen LogP contribution in [0.1, 0.15) is 0 Å². The van der Waals surface area contributed by atoms with Gasteiger partial charge in [0.1, 0.15) is 19.3 Å². The Morgan fingerprint density at radius 3 is 2.25 bits per heavy atom. The van der Waals surface area contributed by atoms with Gasteiger partial charge in [0.25, 0.3) is 5.56 Å². The number of pyridine rings is 1. The van der Waals surface area contributed by atoms with E-state index in [-0.39, 0.29) is 17.1 Å². The van der Waals surface area contributed by atoms with E-state index in [0.717, 1.165) is 10.8 Å². The van der Waals surface area contributed by atoms with Gasteiger partial charge in [-0.3, -0.25) is 9.36 Å². The molecule has 4 nitrogen and oxygen atoms in total. The molecular formula is C15H12BNO3. The normalized spacial score (nSPS) is 10.8. The number of fused-ring (bicyclic) bond motifs is 1. The lowest BCUT2D eigenvalue weighted by Gasteiger charge is -2.10. The zero-order valence-electron chi connectivity index (χ0n) is 10.9. The number of nitrogens with zero attached hydrogens (tertiary/aromatic N) is 1. The van der Waals surface area contributed by atoms with Crippen molar-refractivity contribution in [2.24, 2.45) is 0 Å². The van der Waals surface area contributed by atoms with Gasteiger partial charge in [-0.25, -0.2) is 0 Å². The molecule has 0 saturated carbocycles. The molecule has 0 aliphatic carbocycles. The molecule has 0 atom stereocenters. The summed E-state index contributed by atoms with van der Waals surface area (Å²) in [7, 11) is 1.89. The van der Waals surface area contributed by atoms with Crippen molar-refractivity contribution in [2.45, 2.75) is 0 Å². The summed E-state index contributed by atoms with van der Waals surface area (Å²) in [6.07, 6.45) is 1.73. The number of benzene rings is 2. The number of aromatic hydroxyl groups is 2. The van der Waals surface area contributed by atoms with Crippen molar-refractivity contribution in [1.82, 2.24) is 4.57 Å². The van der Waals surface area contributed by atoms with Crippen molar-refractivity contribution in [3.8, 4) is 17.2 Å². The fraction of sp³-hybridized carbons (Fsp3) is 0. The third-order valence-corrected chi connectivity index (χ3v) is 3.33. The monoisotopic (exact) mass is 265 g/mol. The number of aromatic nitrogens is 1. The van der Waals surface area contributed by atoms with Crippen LogP contribution in [-0.2, 0) is 0 Å². The SMILES string of the molecule is Bc1cn(-c2ccc(O)cc2)c(=O)c2ccc(O)cc12. The Morgan fingerprint density at radius 2 is 1.55 bits per heavy atom. The molecule has 0 bridgehead atoms. The van der Waals surface area contributed by atoms with Crippen LogP contribution in [0.5, 0.6) is 11.5 Å². The summed E-state index contributed by atoms with van der Waals surface area (Å²) in [5, 5.41) is 20.1. The molecule has 1 heterocycles. The lowest BCUT2D eigenvalue weighted by atomic mass is 9.92. The molecule has 3 aromatic rings. The van der Waals surface area contributed by atoms with Crippen LogP contribution in [0.2, 0.25) is 0 Å². The summed E-state index contributed by atoms with van der Waals surface area (Å²) in [6.45, 7) is 0. The third kappa shape index (κ3) is 1.93. The van der Waals surface area contributed by atoms with Crippen LogP contribution in [-0.4, -0.2) is 22.6 Å². The highest BCUT2D eigenvalue weighted by atomic mass is 16.3. The van der Waals surface area contributed by atoms with Gasteiger partial charge in [0.2, 0.25) is 0 Å². The molecule has 5 heteroatoms. The van der Waals surface area contributed by atoms with E-state index < -0.39 is 0 Å². The smallest absolute Gasteiger partial charge is 0.262 e. The van der Waals surface area contributed by atoms with Gasteiger partial charge in [-0.15, -0.1) is 0 Å². The van der Waals surface area contributed by atoms with E-state index >= 15 is 0 Å². The van der Waals surface area contributed by atoms with Gasteiger partial charge in [0.05, 0.1) is 0 Å². The Hall–Kier alpha value is -2.69. The highest BCUT2D eigenvalue weighted by molar-refractivity contribution is 6.38. The van der Waals surface area contributed by atoms with E-state index in [0.29, 0.717) is 11.1 Å². The Morgan fingerprint density at radius 1 is 0.900 bits per heavy atom. The molecule has 0 fully saturated rings. The Balaban J connectivity index is 2.33. The molecule has 3 rings (SSSR count). The van der Waals surface area contributed by atoms with Crippen molar-refractivity contribution in [3.63, 3.8) is 0 Å². The molecule has 2 aromatic carbocycles. The predicted octanol–water partition coefficient (Wildman–Crippen LogP) is 0.660. The number of phenols is 2. The van der Waals surface area contributed by atoms with Crippen molar-refractivity contribution in [2.75, 3.05) is 0 Å². The van der Waals surface area contributed by atoms with Crippen molar-refractivity contribution >= 4 is 24.1 Å². The Labute approximate surface area is 116 Å². The molecule has 98 valence electrons. The Bertz CT molecular complexity index is 853. The molecule has 0 saturated heterocycles. The second kappa shape index (κ2) is 4.45. The van der Waals surface area contributed by atoms with Crippen LogP contribution in [0.15, 0.2) is 53.5 Å². The minimum Gasteiger partial charge on any atom is -0.508 e. The van der Waals surface area contributed by atoms with Crippen LogP contribution >= 0.6 is 0 Å². The minimum absolute atomic E-state index is 0.141. The number of hydrogen-bond donors (Lipinski definition) is 2. The number of hydrogen-bond acceptors (Lipinski definition) is 3. The van der Waals surface area contributed by atoms with Crippen LogP contribution in [0, 0.1) is 0 Å². The van der Waals surface area contributed by atoms with E-state index in [1.54, 1.807) is 30.5 Å². The summed E-state index contributed by atoms with van der Waals surface area (Å²) >= 11 is 0. The molecular weight excluding hydrogens is 253 g/mol. The van der Waals surface area contributed by atoms with E-state index in [1.165, 1.54) is 22.8 Å². The first kappa shape index (κ1) is 12.4. The van der Waals surface area contributed by atoms with Crippen molar-refractivity contribution in [1.29, 1.82) is 0 Å². The zero-order chi connectivity index (χ0) is 14.3. The van der Waals surface area contributed by atoms with Gasteiger partial charge in [-0.2, -0.15) is 0 Å². The topological polar surface area (TPSA) is 62.5 Å². The predicted molar refractivity (Wildman–Crippen MR) is 81.1 cm³/mol. The largest absolute Gasteiger partial charge is 0.508 e. The maximum absolute atomic E-state index is 12.5. The fourth-order valence-corrected chi connectivity index (χ4v) is 2.30. The summed E-state index contributed by atoms with van der Waals surface area (Å²) in [4.78, 5) is 12.5. The van der Waals surface area contributed by atoms with Crippen molar-refractivity contribution < 1.29 is 10.2 Å². The quantitative estimate of drug-likeness (QED) is 0.635. The second-order valence-electron chi connectivity index (χ2n) is 4.73. The third-order valence-electron chi connectivity index (χ3n) is 3.33. The number of phenolic OH excluding ortho intramolecular Hbond substituents is 2. The van der Waals surface area contributed by atoms with Crippen LogP contribution < -0.4 is 11.0 Å². The molecule has 20 heavy (non-hydrogen) atoms. The molecule has 0 spiro atoms. The van der Waals surface area contributed by atoms with Gasteiger partial charge in [-0.05, 0) is 47.9 Å². The molecule has 0 amide bonds. The first-order valence-electron chi connectivity index (χ1n) is 6.20. The summed E-state index contributed by atoms with van der Waals surface area (Å²) < 4.78 is 1.54. The maximum atomic E-state index is 12.5. The Kier molecular flexibility index (Phi) is 2.75. The van der Waals surface area contributed by atoms with E-state index in [9.17, 15) is 15.0 Å². The summed E-state index contributed by atoms with van der Waals surface area (Å²) in [5.74, 6) is 0.298. The first-order valence-corrected chi connectivity index (χ1v) is 6.20. The average Bonchev–Trinajstić information content (AvgIpc) is 2.44. The van der Waals surface area contributed by atoms with Gasteiger partial charge < -0.3 is 10.2 Å². The number of rotatable bonds is 1. The van der Waals surface area contributed by atoms with Crippen LogP contribution in [0.25, 0.3) is 16.5 Å². The van der Waals surface area contributed by atoms with Gasteiger partial charge in [-0.1, -0.05) is 5.46 Å². The molecule has 0 aliphatic rings. The molecule has 0 aliphatic heterocycles. The fourth-order valence-electron chi connectivity index (χ4n) is 2.30. The lowest BCUT2D eigenvalue weighted by Crippen LogP contribution is -2.24. The molecule has 0 radical (unpaired) electrons.